The Balaban J connectivity index is 2.35. The van der Waals surface area contributed by atoms with Crippen LogP contribution in [0.2, 0.25) is 0 Å². The maximum Gasteiger partial charge on any atom is 0.381 e. The third-order valence-electron chi connectivity index (χ3n) is 2.49. The highest BCUT2D eigenvalue weighted by molar-refractivity contribution is 5.79. The van der Waals surface area contributed by atoms with Crippen molar-refractivity contribution < 1.29 is 18.6 Å². The molecule has 1 saturated carbocycles. The normalized spacial score (nSPS) is 17.9. The summed E-state index contributed by atoms with van der Waals surface area (Å²) >= 11 is 0. The number of aromatic amines is 1. The summed E-state index contributed by atoms with van der Waals surface area (Å²) in [4.78, 5) is 11.4. The molecular weight excluding hydrogens is 189 g/mol. The summed E-state index contributed by atoms with van der Waals surface area (Å²) < 4.78 is 18.9. The van der Waals surface area contributed by atoms with Crippen LogP contribution in [0.15, 0.2) is 6.20 Å². The number of nitrogen functional groups attached to an aromatic ring is 1. The fourth-order valence-corrected chi connectivity index (χ4v) is 1.48. The molecule has 0 aromatic carbocycles. The second-order valence-electron chi connectivity index (χ2n) is 3.40. The molecular formula is C8H11FN3O2+. The topological polar surface area (TPSA) is 72.0 Å². The number of carbonyl (C=O) groups is 1. The minimum Gasteiger partial charge on any atom is -0.464 e. The molecule has 0 bridgehead atoms. The lowest BCUT2D eigenvalue weighted by Crippen LogP contribution is -2.53. The lowest BCUT2D eigenvalue weighted by atomic mass is 10.3. The Morgan fingerprint density at radius 1 is 1.79 bits per heavy atom. The highest BCUT2D eigenvalue weighted by atomic mass is 19.1. The van der Waals surface area contributed by atoms with Gasteiger partial charge in [-0.15, -0.1) is 5.10 Å². The number of ether oxygens (including phenoxy) is 1. The van der Waals surface area contributed by atoms with E-state index in [1.54, 1.807) is 0 Å². The van der Waals surface area contributed by atoms with Gasteiger partial charge < -0.3 is 10.5 Å². The highest BCUT2D eigenvalue weighted by Gasteiger charge is 2.63. The number of aromatic nitrogens is 2. The number of methoxy groups -OCH3 is 1. The summed E-state index contributed by atoms with van der Waals surface area (Å²) in [6.45, 7) is 0. The number of nitrogens with two attached hydrogens (primary N) is 1. The quantitative estimate of drug-likeness (QED) is 0.508. The standard InChI is InChI=1S/C8H10FN3O2/c1-14-7(13)8(2-3-8)12-4-5(10)6(9)11-12/h4H,2-3,10H2,1H3/p+1. The van der Waals surface area contributed by atoms with Crippen LogP contribution in [0.1, 0.15) is 12.8 Å². The molecule has 76 valence electrons. The number of hydrogen-bond acceptors (Lipinski definition) is 3. The van der Waals surface area contributed by atoms with Crippen LogP contribution < -0.4 is 10.4 Å². The monoisotopic (exact) mass is 200 g/mol. The van der Waals surface area contributed by atoms with E-state index in [2.05, 4.69) is 9.84 Å². The number of hydrogen-bond donors (Lipinski definition) is 2. The molecule has 0 spiro atoms. The SMILES string of the molecule is COC(=O)C1([n+]2cc(N)c(F)[nH]2)CC1. The first-order chi connectivity index (χ1) is 6.60. The van der Waals surface area contributed by atoms with Crippen LogP contribution in [-0.2, 0) is 15.1 Å². The van der Waals surface area contributed by atoms with E-state index in [9.17, 15) is 9.18 Å². The average molecular weight is 200 g/mol. The van der Waals surface area contributed by atoms with Crippen molar-refractivity contribution >= 4 is 11.7 Å². The molecule has 0 unspecified atom stereocenters. The minimum atomic E-state index is -0.757. The van der Waals surface area contributed by atoms with E-state index in [1.807, 2.05) is 0 Å². The fourth-order valence-electron chi connectivity index (χ4n) is 1.48. The first-order valence-electron chi connectivity index (χ1n) is 4.25. The first kappa shape index (κ1) is 8.98. The summed E-state index contributed by atoms with van der Waals surface area (Å²) in [5.41, 5.74) is 4.57. The Morgan fingerprint density at radius 2 is 2.43 bits per heavy atom. The predicted molar refractivity (Wildman–Crippen MR) is 44.6 cm³/mol. The van der Waals surface area contributed by atoms with Gasteiger partial charge in [0.05, 0.1) is 7.11 Å². The summed E-state index contributed by atoms with van der Waals surface area (Å²) in [6, 6.07) is 0. The zero-order valence-corrected chi connectivity index (χ0v) is 7.71. The second-order valence-corrected chi connectivity index (χ2v) is 3.40. The average Bonchev–Trinajstić information content (AvgIpc) is 2.90. The molecule has 0 saturated heterocycles. The van der Waals surface area contributed by atoms with Gasteiger partial charge in [-0.3, -0.25) is 0 Å². The van der Waals surface area contributed by atoms with Crippen LogP contribution in [0.3, 0.4) is 0 Å². The molecule has 0 radical (unpaired) electrons. The van der Waals surface area contributed by atoms with Gasteiger partial charge in [0.15, 0.2) is 5.69 Å². The van der Waals surface area contributed by atoms with Gasteiger partial charge in [-0.25, -0.2) is 4.79 Å². The van der Waals surface area contributed by atoms with Crippen LogP contribution in [0, 0.1) is 5.95 Å². The number of rotatable bonds is 2. The number of anilines is 1. The molecule has 1 heterocycles. The van der Waals surface area contributed by atoms with Crippen molar-refractivity contribution in [1.29, 1.82) is 0 Å². The molecule has 1 aliphatic rings. The van der Waals surface area contributed by atoms with Crippen molar-refractivity contribution in [3.63, 3.8) is 0 Å². The summed E-state index contributed by atoms with van der Waals surface area (Å²) in [6.07, 6.45) is 2.66. The lowest BCUT2D eigenvalue weighted by molar-refractivity contribution is -0.778. The zero-order chi connectivity index (χ0) is 10.3. The molecule has 0 amide bonds. The van der Waals surface area contributed by atoms with E-state index in [-0.39, 0.29) is 11.7 Å². The maximum atomic E-state index is 12.9. The van der Waals surface area contributed by atoms with Crippen molar-refractivity contribution in [3.05, 3.63) is 12.1 Å². The number of halogens is 1. The number of esters is 1. The molecule has 3 N–H and O–H groups in total. The van der Waals surface area contributed by atoms with Crippen LogP contribution in [0.4, 0.5) is 10.1 Å². The van der Waals surface area contributed by atoms with Crippen molar-refractivity contribution in [1.82, 2.24) is 5.10 Å². The van der Waals surface area contributed by atoms with Gasteiger partial charge in [-0.2, -0.15) is 4.39 Å². The van der Waals surface area contributed by atoms with Gasteiger partial charge in [-0.1, -0.05) is 4.68 Å². The van der Waals surface area contributed by atoms with E-state index < -0.39 is 11.5 Å². The molecule has 1 fully saturated rings. The Bertz CT molecular complexity index is 364. The molecule has 6 heteroatoms. The van der Waals surface area contributed by atoms with E-state index >= 15 is 0 Å². The summed E-state index contributed by atoms with van der Waals surface area (Å²) in [5.74, 6) is -0.996. The lowest BCUT2D eigenvalue weighted by Gasteiger charge is -2.03. The Morgan fingerprint density at radius 3 is 2.79 bits per heavy atom. The van der Waals surface area contributed by atoms with Gasteiger partial charge >= 0.3 is 5.97 Å². The molecule has 1 aromatic heterocycles. The number of carbonyl (C=O) groups excluding carboxylic acids is 1. The van der Waals surface area contributed by atoms with E-state index in [0.717, 1.165) is 0 Å². The van der Waals surface area contributed by atoms with Crippen molar-refractivity contribution in [3.8, 4) is 0 Å². The molecule has 5 nitrogen and oxygen atoms in total. The Hall–Kier alpha value is -1.59. The van der Waals surface area contributed by atoms with Crippen LogP contribution in [0.5, 0.6) is 0 Å². The Labute approximate surface area is 79.6 Å². The van der Waals surface area contributed by atoms with Gasteiger partial charge in [0, 0.05) is 12.8 Å². The first-order valence-corrected chi connectivity index (χ1v) is 4.25. The van der Waals surface area contributed by atoms with Gasteiger partial charge in [0.25, 0.3) is 11.5 Å². The minimum absolute atomic E-state index is 0.000165. The number of nitrogens with one attached hydrogen (secondary N) is 1. The zero-order valence-electron chi connectivity index (χ0n) is 7.71. The van der Waals surface area contributed by atoms with Gasteiger partial charge in [0.1, 0.15) is 0 Å². The van der Waals surface area contributed by atoms with Crippen molar-refractivity contribution in [2.24, 2.45) is 0 Å². The van der Waals surface area contributed by atoms with E-state index in [1.165, 1.54) is 18.0 Å². The molecule has 2 rings (SSSR count). The molecule has 1 aromatic rings. The second kappa shape index (κ2) is 2.70. The van der Waals surface area contributed by atoms with E-state index in [0.29, 0.717) is 12.8 Å². The van der Waals surface area contributed by atoms with Gasteiger partial charge in [0.2, 0.25) is 6.20 Å². The highest BCUT2D eigenvalue weighted by Crippen LogP contribution is 2.39. The molecule has 0 atom stereocenters. The Kier molecular flexibility index (Phi) is 1.73. The summed E-state index contributed by atoms with van der Waals surface area (Å²) in [5, 5.41) is 2.39. The molecule has 1 aliphatic carbocycles. The summed E-state index contributed by atoms with van der Waals surface area (Å²) in [7, 11) is 1.31. The largest absolute Gasteiger partial charge is 0.464 e. The predicted octanol–water partition coefficient (Wildman–Crippen LogP) is -0.314. The van der Waals surface area contributed by atoms with Gasteiger partial charge in [-0.05, 0) is 0 Å². The number of H-pyrrole nitrogens is 1. The third kappa shape index (κ3) is 1.07. The molecule has 14 heavy (non-hydrogen) atoms. The van der Waals surface area contributed by atoms with Crippen molar-refractivity contribution in [2.75, 3.05) is 12.8 Å². The van der Waals surface area contributed by atoms with Crippen molar-refractivity contribution in [2.45, 2.75) is 18.4 Å². The maximum absolute atomic E-state index is 12.9. The fraction of sp³-hybridized carbons (Fsp3) is 0.500. The number of nitrogens with zero attached hydrogens (tertiary/aromatic N) is 1. The third-order valence-corrected chi connectivity index (χ3v) is 2.49. The smallest absolute Gasteiger partial charge is 0.381 e. The van der Waals surface area contributed by atoms with Crippen LogP contribution >= 0.6 is 0 Å². The molecule has 0 aliphatic heterocycles. The van der Waals surface area contributed by atoms with E-state index in [4.69, 9.17) is 5.73 Å². The van der Waals surface area contributed by atoms with Crippen LogP contribution in [0.25, 0.3) is 0 Å². The van der Waals surface area contributed by atoms with Crippen LogP contribution in [-0.4, -0.2) is 18.2 Å².